The lowest BCUT2D eigenvalue weighted by Gasteiger charge is -2.05. The zero-order valence-electron chi connectivity index (χ0n) is 12.0. The molecule has 7 heteroatoms. The van der Waals surface area contributed by atoms with Crippen molar-refractivity contribution in [3.8, 4) is 17.2 Å². The summed E-state index contributed by atoms with van der Waals surface area (Å²) < 4.78 is 10.5. The van der Waals surface area contributed by atoms with E-state index >= 15 is 0 Å². The molecule has 0 amide bonds. The highest BCUT2D eigenvalue weighted by Crippen LogP contribution is 2.36. The summed E-state index contributed by atoms with van der Waals surface area (Å²) in [7, 11) is 1.39. The molecule has 2 rings (SSSR count). The average molecular weight is 291 g/mol. The van der Waals surface area contributed by atoms with Crippen molar-refractivity contribution in [3.05, 3.63) is 40.3 Å². The zero-order valence-corrected chi connectivity index (χ0v) is 12.0. The molecule has 7 nitrogen and oxygen atoms in total. The fourth-order valence-electron chi connectivity index (χ4n) is 1.96. The van der Waals surface area contributed by atoms with Gasteiger partial charge in [0, 0.05) is 12.6 Å². The Labute approximate surface area is 122 Å². The highest BCUT2D eigenvalue weighted by Gasteiger charge is 2.21. The summed E-state index contributed by atoms with van der Waals surface area (Å²) in [6.45, 7) is 3.56. The Morgan fingerprint density at radius 3 is 2.95 bits per heavy atom. The third-order valence-electron chi connectivity index (χ3n) is 2.91. The molecule has 0 aliphatic carbocycles. The standard InChI is InChI=1S/C14H17N3O4/c1-3-7-15-8-10-9-21-14(16-10)11-5-4-6-12(17(18)19)13(11)20-2/h4-6,9,15H,3,7-8H2,1-2H3. The second kappa shape index (κ2) is 6.85. The van der Waals surface area contributed by atoms with E-state index in [4.69, 9.17) is 9.15 Å². The van der Waals surface area contributed by atoms with Crippen LogP contribution in [0.5, 0.6) is 5.75 Å². The van der Waals surface area contributed by atoms with Gasteiger partial charge in [-0.25, -0.2) is 4.98 Å². The largest absolute Gasteiger partial charge is 0.490 e. The Kier molecular flexibility index (Phi) is 4.89. The van der Waals surface area contributed by atoms with Crippen LogP contribution < -0.4 is 10.1 Å². The number of benzene rings is 1. The van der Waals surface area contributed by atoms with Crippen molar-refractivity contribution in [1.29, 1.82) is 0 Å². The van der Waals surface area contributed by atoms with E-state index in [9.17, 15) is 10.1 Å². The van der Waals surface area contributed by atoms with E-state index in [1.165, 1.54) is 19.4 Å². The molecule has 21 heavy (non-hydrogen) atoms. The lowest BCUT2D eigenvalue weighted by Crippen LogP contribution is -2.13. The van der Waals surface area contributed by atoms with Crippen LogP contribution in [0.3, 0.4) is 0 Å². The predicted molar refractivity (Wildman–Crippen MR) is 77.1 cm³/mol. The molecule has 1 aromatic carbocycles. The molecule has 0 saturated carbocycles. The number of hydrogen-bond acceptors (Lipinski definition) is 6. The van der Waals surface area contributed by atoms with Crippen molar-refractivity contribution in [3.63, 3.8) is 0 Å². The van der Waals surface area contributed by atoms with Gasteiger partial charge in [0.2, 0.25) is 11.6 Å². The van der Waals surface area contributed by atoms with Crippen LogP contribution in [0.1, 0.15) is 19.0 Å². The number of nitrogens with one attached hydrogen (secondary N) is 1. The Bertz CT molecular complexity index is 624. The number of hydrogen-bond donors (Lipinski definition) is 1. The third-order valence-corrected chi connectivity index (χ3v) is 2.91. The number of ether oxygens (including phenoxy) is 1. The van der Waals surface area contributed by atoms with Crippen molar-refractivity contribution in [2.45, 2.75) is 19.9 Å². The van der Waals surface area contributed by atoms with Gasteiger partial charge in [-0.2, -0.15) is 0 Å². The fraction of sp³-hybridized carbons (Fsp3) is 0.357. The van der Waals surface area contributed by atoms with E-state index in [0.717, 1.165) is 18.7 Å². The summed E-state index contributed by atoms with van der Waals surface area (Å²) in [5.41, 5.74) is 1.10. The SMILES string of the molecule is CCCNCc1coc(-c2cccc([N+](=O)[O-])c2OC)n1. The first-order valence-electron chi connectivity index (χ1n) is 6.64. The monoisotopic (exact) mass is 291 g/mol. The Morgan fingerprint density at radius 1 is 1.48 bits per heavy atom. The number of oxazole rings is 1. The number of methoxy groups -OCH3 is 1. The van der Waals surface area contributed by atoms with Gasteiger partial charge in [0.15, 0.2) is 0 Å². The van der Waals surface area contributed by atoms with Crippen molar-refractivity contribution in [2.24, 2.45) is 0 Å². The molecule has 112 valence electrons. The minimum Gasteiger partial charge on any atom is -0.490 e. The maximum Gasteiger partial charge on any atom is 0.311 e. The van der Waals surface area contributed by atoms with Crippen LogP contribution in [-0.2, 0) is 6.54 Å². The first kappa shape index (κ1) is 15.0. The molecule has 0 fully saturated rings. The van der Waals surface area contributed by atoms with E-state index in [1.807, 2.05) is 0 Å². The second-order valence-electron chi connectivity index (χ2n) is 4.44. The Balaban J connectivity index is 2.29. The summed E-state index contributed by atoms with van der Waals surface area (Å²) in [5, 5.41) is 14.2. The number of nitro benzene ring substituents is 1. The van der Waals surface area contributed by atoms with Gasteiger partial charge in [-0.3, -0.25) is 10.1 Å². The second-order valence-corrected chi connectivity index (χ2v) is 4.44. The molecule has 0 aliphatic heterocycles. The van der Waals surface area contributed by atoms with Gasteiger partial charge in [-0.1, -0.05) is 13.0 Å². The molecule has 1 heterocycles. The fourth-order valence-corrected chi connectivity index (χ4v) is 1.96. The molecule has 1 aromatic heterocycles. The third kappa shape index (κ3) is 3.38. The van der Waals surface area contributed by atoms with Gasteiger partial charge >= 0.3 is 5.69 Å². The van der Waals surface area contributed by atoms with Gasteiger partial charge in [0.1, 0.15) is 6.26 Å². The van der Waals surface area contributed by atoms with Gasteiger partial charge in [0.05, 0.1) is 23.3 Å². The maximum absolute atomic E-state index is 11.0. The predicted octanol–water partition coefficient (Wildman–Crippen LogP) is 2.76. The Morgan fingerprint density at radius 2 is 2.29 bits per heavy atom. The van der Waals surface area contributed by atoms with E-state index < -0.39 is 4.92 Å². The van der Waals surface area contributed by atoms with E-state index in [0.29, 0.717) is 18.0 Å². The first-order valence-corrected chi connectivity index (χ1v) is 6.64. The van der Waals surface area contributed by atoms with Crippen LogP contribution >= 0.6 is 0 Å². The highest BCUT2D eigenvalue weighted by molar-refractivity contribution is 5.70. The van der Waals surface area contributed by atoms with E-state index in [-0.39, 0.29) is 11.4 Å². The zero-order chi connectivity index (χ0) is 15.2. The molecule has 2 aromatic rings. The van der Waals surface area contributed by atoms with Crippen molar-refractivity contribution in [1.82, 2.24) is 10.3 Å². The normalized spacial score (nSPS) is 10.6. The summed E-state index contributed by atoms with van der Waals surface area (Å²) >= 11 is 0. The minimum atomic E-state index is -0.491. The van der Waals surface area contributed by atoms with E-state index in [1.54, 1.807) is 12.1 Å². The summed E-state index contributed by atoms with van der Waals surface area (Å²) in [6, 6.07) is 4.64. The van der Waals surface area contributed by atoms with Crippen molar-refractivity contribution < 1.29 is 14.1 Å². The molecule has 0 atom stereocenters. The van der Waals surface area contributed by atoms with Gasteiger partial charge in [-0.05, 0) is 19.0 Å². The molecule has 0 bridgehead atoms. The summed E-state index contributed by atoms with van der Waals surface area (Å²) in [4.78, 5) is 14.8. The quantitative estimate of drug-likeness (QED) is 0.479. The molecule has 1 N–H and O–H groups in total. The first-order chi connectivity index (χ1) is 10.2. The number of nitro groups is 1. The molecule has 0 radical (unpaired) electrons. The van der Waals surface area contributed by atoms with Gasteiger partial charge < -0.3 is 14.5 Å². The minimum absolute atomic E-state index is 0.112. The van der Waals surface area contributed by atoms with Crippen molar-refractivity contribution >= 4 is 5.69 Å². The molecule has 0 unspecified atom stereocenters. The van der Waals surface area contributed by atoms with Crippen LogP contribution in [0.4, 0.5) is 5.69 Å². The topological polar surface area (TPSA) is 90.4 Å². The van der Waals surface area contributed by atoms with Crippen LogP contribution in [0.15, 0.2) is 28.9 Å². The van der Waals surface area contributed by atoms with Crippen molar-refractivity contribution in [2.75, 3.05) is 13.7 Å². The highest BCUT2D eigenvalue weighted by atomic mass is 16.6. The van der Waals surface area contributed by atoms with Crippen LogP contribution in [-0.4, -0.2) is 23.6 Å². The van der Waals surface area contributed by atoms with Crippen LogP contribution in [0.25, 0.3) is 11.5 Å². The lowest BCUT2D eigenvalue weighted by molar-refractivity contribution is -0.385. The van der Waals surface area contributed by atoms with Crippen LogP contribution in [0, 0.1) is 10.1 Å². The van der Waals surface area contributed by atoms with E-state index in [2.05, 4.69) is 17.2 Å². The summed E-state index contributed by atoms with van der Waals surface area (Å²) in [6.07, 6.45) is 2.57. The molecular weight excluding hydrogens is 274 g/mol. The van der Waals surface area contributed by atoms with Gasteiger partial charge in [0.25, 0.3) is 0 Å². The number of rotatable bonds is 7. The lowest BCUT2D eigenvalue weighted by atomic mass is 10.1. The number of para-hydroxylation sites is 1. The molecule has 0 aliphatic rings. The van der Waals surface area contributed by atoms with Crippen LogP contribution in [0.2, 0.25) is 0 Å². The molecule has 0 saturated heterocycles. The summed E-state index contributed by atoms with van der Waals surface area (Å²) in [5.74, 6) is 0.460. The maximum atomic E-state index is 11.0. The Hall–Kier alpha value is -2.41. The number of aromatic nitrogens is 1. The molecular formula is C14H17N3O4. The smallest absolute Gasteiger partial charge is 0.311 e. The molecule has 0 spiro atoms. The number of nitrogens with zero attached hydrogens (tertiary/aromatic N) is 2. The van der Waals surface area contributed by atoms with Gasteiger partial charge in [-0.15, -0.1) is 0 Å². The average Bonchev–Trinajstić information content (AvgIpc) is 2.95.